The summed E-state index contributed by atoms with van der Waals surface area (Å²) >= 11 is 0. The summed E-state index contributed by atoms with van der Waals surface area (Å²) < 4.78 is 21.8. The van der Waals surface area contributed by atoms with Crippen molar-refractivity contribution < 1.29 is 13.6 Å². The van der Waals surface area contributed by atoms with Crippen LogP contribution in [-0.2, 0) is 11.2 Å². The molecule has 0 bridgehead atoms. The minimum atomic E-state index is -0.306. The normalized spacial score (nSPS) is 15.2. The van der Waals surface area contributed by atoms with E-state index in [1.165, 1.54) is 6.07 Å². The molecule has 1 aliphatic heterocycles. The molecule has 1 saturated heterocycles. The van der Waals surface area contributed by atoms with Gasteiger partial charge in [0.15, 0.2) is 0 Å². The number of hydrogen-bond acceptors (Lipinski definition) is 2. The predicted octanol–water partition coefficient (Wildman–Crippen LogP) is 4.68. The number of amides is 1. The van der Waals surface area contributed by atoms with Crippen molar-refractivity contribution in [1.29, 1.82) is 0 Å². The summed E-state index contributed by atoms with van der Waals surface area (Å²) in [6.45, 7) is 1.58. The number of hydrogen-bond donors (Lipinski definition) is 0. The molecule has 1 fully saturated rings. The van der Waals surface area contributed by atoms with Crippen molar-refractivity contribution in [2.45, 2.75) is 31.7 Å². The third-order valence-corrected chi connectivity index (χ3v) is 5.25. The van der Waals surface area contributed by atoms with Gasteiger partial charge in [0.25, 0.3) is 0 Å². The van der Waals surface area contributed by atoms with Crippen LogP contribution in [0.4, 0.5) is 4.39 Å². The first-order valence-electron chi connectivity index (χ1n) is 9.44. The van der Waals surface area contributed by atoms with Crippen LogP contribution >= 0.6 is 0 Å². The van der Waals surface area contributed by atoms with Crippen LogP contribution in [0.25, 0.3) is 11.3 Å². The first kappa shape index (κ1) is 17.6. The fourth-order valence-electron chi connectivity index (χ4n) is 3.71. The third-order valence-electron chi connectivity index (χ3n) is 5.25. The van der Waals surface area contributed by atoms with E-state index >= 15 is 0 Å². The number of carbonyl (C=O) groups is 1. The van der Waals surface area contributed by atoms with E-state index in [1.807, 2.05) is 23.1 Å². The molecule has 3 aromatic rings. The Balaban J connectivity index is 1.29. The van der Waals surface area contributed by atoms with Crippen LogP contribution in [0.15, 0.2) is 65.3 Å². The Hall–Kier alpha value is -2.82. The molecule has 0 aliphatic carbocycles. The molecule has 0 atom stereocenters. The summed E-state index contributed by atoms with van der Waals surface area (Å²) in [7, 11) is 0. The largest absolute Gasteiger partial charge is 0.461 e. The molecule has 0 spiro atoms. The summed E-state index contributed by atoms with van der Waals surface area (Å²) in [5.74, 6) is 1.07. The summed E-state index contributed by atoms with van der Waals surface area (Å²) in [4.78, 5) is 14.5. The van der Waals surface area contributed by atoms with Crippen LogP contribution in [0.5, 0.6) is 0 Å². The average molecular weight is 366 g/mol. The molecule has 2 aromatic heterocycles. The summed E-state index contributed by atoms with van der Waals surface area (Å²) in [5, 5.41) is 0. The molecule has 3 heterocycles. The maximum absolute atomic E-state index is 13.9. The van der Waals surface area contributed by atoms with Crippen LogP contribution < -0.4 is 0 Å². The van der Waals surface area contributed by atoms with E-state index in [9.17, 15) is 9.18 Å². The van der Waals surface area contributed by atoms with Crippen molar-refractivity contribution in [2.75, 3.05) is 13.1 Å². The van der Waals surface area contributed by atoms with E-state index in [-0.39, 0.29) is 11.7 Å². The van der Waals surface area contributed by atoms with Gasteiger partial charge in [-0.05, 0) is 49.2 Å². The number of likely N-dealkylation sites (tertiary alicyclic amines) is 1. The van der Waals surface area contributed by atoms with Gasteiger partial charge in [0.05, 0.1) is 5.56 Å². The van der Waals surface area contributed by atoms with Crippen molar-refractivity contribution in [2.24, 2.45) is 0 Å². The lowest BCUT2D eigenvalue weighted by molar-refractivity contribution is -0.132. The molecule has 5 heteroatoms. The fourth-order valence-corrected chi connectivity index (χ4v) is 3.71. The lowest BCUT2D eigenvalue weighted by Gasteiger charge is -2.32. The second kappa shape index (κ2) is 7.82. The van der Waals surface area contributed by atoms with Gasteiger partial charge in [-0.25, -0.2) is 4.39 Å². The first-order valence-corrected chi connectivity index (χ1v) is 9.44. The van der Waals surface area contributed by atoms with Crippen molar-refractivity contribution in [1.82, 2.24) is 9.47 Å². The van der Waals surface area contributed by atoms with E-state index < -0.39 is 0 Å². The third kappa shape index (κ3) is 3.97. The van der Waals surface area contributed by atoms with Crippen molar-refractivity contribution in [3.8, 4) is 11.3 Å². The number of aromatic nitrogens is 1. The minimum absolute atomic E-state index is 0.157. The van der Waals surface area contributed by atoms with E-state index in [4.69, 9.17) is 4.42 Å². The maximum atomic E-state index is 13.9. The zero-order chi connectivity index (χ0) is 18.6. The lowest BCUT2D eigenvalue weighted by atomic mass is 10.0. The summed E-state index contributed by atoms with van der Waals surface area (Å²) in [5.41, 5.74) is 0.446. The zero-order valence-corrected chi connectivity index (χ0v) is 15.2. The van der Waals surface area contributed by atoms with Gasteiger partial charge in [0.2, 0.25) is 5.91 Å². The molecule has 1 aliphatic rings. The summed E-state index contributed by atoms with van der Waals surface area (Å²) in [6, 6.07) is 14.7. The Kier molecular flexibility index (Phi) is 5.10. The Labute approximate surface area is 158 Å². The molecule has 4 nitrogen and oxygen atoms in total. The van der Waals surface area contributed by atoms with Gasteiger partial charge in [-0.2, -0.15) is 0 Å². The number of benzene rings is 1. The Morgan fingerprint density at radius 3 is 2.52 bits per heavy atom. The van der Waals surface area contributed by atoms with Gasteiger partial charge >= 0.3 is 0 Å². The second-order valence-electron chi connectivity index (χ2n) is 6.99. The van der Waals surface area contributed by atoms with Crippen molar-refractivity contribution >= 4 is 5.91 Å². The molecule has 1 amide bonds. The van der Waals surface area contributed by atoms with E-state index in [2.05, 4.69) is 17.0 Å². The standard InChI is InChI=1S/C22H23FN2O2/c23-20-6-2-1-5-19(20)21-9-7-18(27-21)8-10-22(26)25-15-11-17(12-16-25)24-13-3-4-14-24/h1-7,9,13-14,17H,8,10-12,15-16H2. The molecule has 0 saturated carbocycles. The molecule has 0 unspecified atom stereocenters. The highest BCUT2D eigenvalue weighted by molar-refractivity contribution is 5.76. The number of furan rings is 1. The Morgan fingerprint density at radius 2 is 1.78 bits per heavy atom. The molecule has 140 valence electrons. The monoisotopic (exact) mass is 366 g/mol. The first-order chi connectivity index (χ1) is 13.2. The van der Waals surface area contributed by atoms with E-state index in [0.29, 0.717) is 36.0 Å². The van der Waals surface area contributed by atoms with E-state index in [0.717, 1.165) is 25.9 Å². The van der Waals surface area contributed by atoms with Gasteiger partial charge in [0, 0.05) is 44.4 Å². The molecule has 0 N–H and O–H groups in total. The topological polar surface area (TPSA) is 38.4 Å². The van der Waals surface area contributed by atoms with E-state index in [1.54, 1.807) is 24.3 Å². The summed E-state index contributed by atoms with van der Waals surface area (Å²) in [6.07, 6.45) is 7.10. The molecule has 0 radical (unpaired) electrons. The molecule has 1 aromatic carbocycles. The highest BCUT2D eigenvalue weighted by atomic mass is 19.1. The number of halogens is 1. The number of piperidine rings is 1. The van der Waals surface area contributed by atoms with Gasteiger partial charge in [0.1, 0.15) is 17.3 Å². The van der Waals surface area contributed by atoms with Gasteiger partial charge < -0.3 is 13.9 Å². The van der Waals surface area contributed by atoms with Crippen LogP contribution in [0, 0.1) is 5.82 Å². The molecular weight excluding hydrogens is 343 g/mol. The fraction of sp³-hybridized carbons (Fsp3) is 0.318. The Bertz CT molecular complexity index is 893. The number of rotatable bonds is 5. The highest BCUT2D eigenvalue weighted by Gasteiger charge is 2.23. The highest BCUT2D eigenvalue weighted by Crippen LogP contribution is 2.26. The predicted molar refractivity (Wildman–Crippen MR) is 102 cm³/mol. The quantitative estimate of drug-likeness (QED) is 0.657. The van der Waals surface area contributed by atoms with Crippen LogP contribution in [0.3, 0.4) is 0 Å². The smallest absolute Gasteiger partial charge is 0.223 e. The number of aryl methyl sites for hydroxylation is 1. The van der Waals surface area contributed by atoms with Crippen LogP contribution in [0.2, 0.25) is 0 Å². The minimum Gasteiger partial charge on any atom is -0.461 e. The molecule has 4 rings (SSSR count). The van der Waals surface area contributed by atoms with Gasteiger partial charge in [-0.15, -0.1) is 0 Å². The Morgan fingerprint density at radius 1 is 1.04 bits per heavy atom. The SMILES string of the molecule is O=C(CCc1ccc(-c2ccccc2F)o1)N1CCC(n2cccc2)CC1. The average Bonchev–Trinajstić information content (AvgIpc) is 3.39. The molecular formula is C22H23FN2O2. The van der Waals surface area contributed by atoms with Gasteiger partial charge in [-0.3, -0.25) is 4.79 Å². The number of carbonyl (C=O) groups excluding carboxylic acids is 1. The maximum Gasteiger partial charge on any atom is 0.223 e. The van der Waals surface area contributed by atoms with Crippen LogP contribution in [0.1, 0.15) is 31.1 Å². The van der Waals surface area contributed by atoms with Crippen LogP contribution in [-0.4, -0.2) is 28.5 Å². The zero-order valence-electron chi connectivity index (χ0n) is 15.2. The van der Waals surface area contributed by atoms with Crippen molar-refractivity contribution in [3.05, 3.63) is 72.5 Å². The molecule has 27 heavy (non-hydrogen) atoms. The lowest BCUT2D eigenvalue weighted by Crippen LogP contribution is -2.39. The number of nitrogens with zero attached hydrogens (tertiary/aromatic N) is 2. The van der Waals surface area contributed by atoms with Crippen molar-refractivity contribution in [3.63, 3.8) is 0 Å². The van der Waals surface area contributed by atoms with Gasteiger partial charge in [-0.1, -0.05) is 12.1 Å². The second-order valence-corrected chi connectivity index (χ2v) is 6.99.